The molecule has 0 radical (unpaired) electrons. The van der Waals surface area contributed by atoms with Crippen molar-refractivity contribution < 1.29 is 4.43 Å². The van der Waals surface area contributed by atoms with Gasteiger partial charge in [0.2, 0.25) is 0 Å². The highest BCUT2D eigenvalue weighted by Gasteiger charge is 2.34. The van der Waals surface area contributed by atoms with E-state index >= 15 is 0 Å². The van der Waals surface area contributed by atoms with Crippen molar-refractivity contribution >= 4 is 18.6 Å². The Labute approximate surface area is 68.7 Å². The molecule has 0 amide bonds. The lowest BCUT2D eigenvalue weighted by atomic mass is 10.2. The second kappa shape index (κ2) is 3.19. The molecule has 0 N–H and O–H groups in total. The molecule has 0 aromatic heterocycles. The average molecular weight is 176 g/mol. The minimum atomic E-state index is -1.09. The molecule has 0 saturated heterocycles. The predicted octanol–water partition coefficient (Wildman–Crippen LogP) is 1.33. The molecule has 62 valence electrons. The summed E-state index contributed by atoms with van der Waals surface area (Å²) in [6.07, 6.45) is 1.03. The van der Waals surface area contributed by atoms with E-state index in [2.05, 4.69) is 33.9 Å². The van der Waals surface area contributed by atoms with Gasteiger partial charge < -0.3 is 4.43 Å². The molecular weight excluding hydrogens is 156 g/mol. The van der Waals surface area contributed by atoms with Crippen molar-refractivity contribution in [2.75, 3.05) is 6.23 Å². The van der Waals surface area contributed by atoms with Crippen LogP contribution in [-0.4, -0.2) is 24.8 Å². The van der Waals surface area contributed by atoms with Crippen LogP contribution in [0.1, 0.15) is 20.8 Å². The van der Waals surface area contributed by atoms with E-state index in [0.29, 0.717) is 5.04 Å². The van der Waals surface area contributed by atoms with Gasteiger partial charge in [0.1, 0.15) is 10.5 Å². The van der Waals surface area contributed by atoms with E-state index in [4.69, 9.17) is 4.43 Å². The van der Waals surface area contributed by atoms with Crippen molar-refractivity contribution in [3.05, 3.63) is 0 Å². The van der Waals surface area contributed by atoms with Crippen LogP contribution in [0.4, 0.5) is 0 Å². The standard InChI is InChI=1S/C7H20OSi2/c1-7(2,3)10(4,5)6-8-9/h6H2,1-5,9H3. The molecular formula is C7H20OSi2. The van der Waals surface area contributed by atoms with Crippen molar-refractivity contribution in [2.24, 2.45) is 0 Å². The van der Waals surface area contributed by atoms with Crippen molar-refractivity contribution in [3.63, 3.8) is 0 Å². The maximum absolute atomic E-state index is 5.33. The zero-order chi connectivity index (χ0) is 8.41. The lowest BCUT2D eigenvalue weighted by Crippen LogP contribution is -2.42. The van der Waals surface area contributed by atoms with Gasteiger partial charge in [-0.25, -0.2) is 0 Å². The Morgan fingerprint density at radius 3 is 1.80 bits per heavy atom. The third-order valence-corrected chi connectivity index (χ3v) is 8.47. The zero-order valence-electron chi connectivity index (χ0n) is 8.12. The maximum atomic E-state index is 5.33. The first-order chi connectivity index (χ1) is 4.31. The van der Waals surface area contributed by atoms with E-state index in [9.17, 15) is 0 Å². The fourth-order valence-electron chi connectivity index (χ4n) is 0.577. The Kier molecular flexibility index (Phi) is 3.32. The molecule has 0 aromatic carbocycles. The first-order valence-corrected chi connectivity index (χ1v) is 7.82. The third-order valence-electron chi connectivity index (χ3n) is 2.54. The molecule has 0 heterocycles. The van der Waals surface area contributed by atoms with Gasteiger partial charge in [-0.15, -0.1) is 0 Å². The summed E-state index contributed by atoms with van der Waals surface area (Å²) in [6, 6.07) is 0. The van der Waals surface area contributed by atoms with Gasteiger partial charge >= 0.3 is 0 Å². The molecule has 0 aliphatic carbocycles. The fraction of sp³-hybridized carbons (Fsp3) is 1.00. The molecule has 0 spiro atoms. The second-order valence-corrected chi connectivity index (χ2v) is 10.7. The minimum absolute atomic E-state index is 0.484. The Morgan fingerprint density at radius 1 is 1.30 bits per heavy atom. The molecule has 0 saturated carbocycles. The van der Waals surface area contributed by atoms with E-state index < -0.39 is 8.07 Å². The number of rotatable bonds is 2. The van der Waals surface area contributed by atoms with Crippen LogP contribution in [0.5, 0.6) is 0 Å². The number of hydrogen-bond acceptors (Lipinski definition) is 1. The molecule has 3 heteroatoms. The Bertz CT molecular complexity index is 105. The van der Waals surface area contributed by atoms with E-state index in [0.717, 1.165) is 16.7 Å². The first-order valence-electron chi connectivity index (χ1n) is 3.80. The van der Waals surface area contributed by atoms with Gasteiger partial charge in [0.05, 0.1) is 8.07 Å². The highest BCUT2D eigenvalue weighted by atomic mass is 28.3. The van der Waals surface area contributed by atoms with Gasteiger partial charge in [0.25, 0.3) is 0 Å². The fourth-order valence-corrected chi connectivity index (χ4v) is 3.90. The van der Waals surface area contributed by atoms with Gasteiger partial charge in [-0.1, -0.05) is 33.9 Å². The summed E-state index contributed by atoms with van der Waals surface area (Å²) in [7, 11) is -0.204. The van der Waals surface area contributed by atoms with Crippen LogP contribution in [0.25, 0.3) is 0 Å². The van der Waals surface area contributed by atoms with Gasteiger partial charge in [0, 0.05) is 6.23 Å². The van der Waals surface area contributed by atoms with Gasteiger partial charge in [0.15, 0.2) is 0 Å². The Morgan fingerprint density at radius 2 is 1.70 bits per heavy atom. The van der Waals surface area contributed by atoms with Crippen LogP contribution in [0.3, 0.4) is 0 Å². The highest BCUT2D eigenvalue weighted by molar-refractivity contribution is 6.80. The molecule has 0 aliphatic heterocycles. The van der Waals surface area contributed by atoms with E-state index in [1.807, 2.05) is 0 Å². The van der Waals surface area contributed by atoms with Gasteiger partial charge in [-0.3, -0.25) is 0 Å². The highest BCUT2D eigenvalue weighted by Crippen LogP contribution is 2.35. The molecule has 0 aromatic rings. The van der Waals surface area contributed by atoms with Crippen molar-refractivity contribution in [1.29, 1.82) is 0 Å². The van der Waals surface area contributed by atoms with Crippen LogP contribution >= 0.6 is 0 Å². The topological polar surface area (TPSA) is 9.23 Å². The summed E-state index contributed by atoms with van der Waals surface area (Å²) in [4.78, 5) is 0. The van der Waals surface area contributed by atoms with Crippen LogP contribution in [-0.2, 0) is 4.43 Å². The minimum Gasteiger partial charge on any atom is -0.431 e. The lowest BCUT2D eigenvalue weighted by molar-refractivity contribution is 0.409. The quantitative estimate of drug-likeness (QED) is 0.577. The largest absolute Gasteiger partial charge is 0.431 e. The monoisotopic (exact) mass is 176 g/mol. The maximum Gasteiger partial charge on any atom is 0.145 e. The van der Waals surface area contributed by atoms with Crippen LogP contribution < -0.4 is 0 Å². The predicted molar refractivity (Wildman–Crippen MR) is 53.1 cm³/mol. The van der Waals surface area contributed by atoms with Gasteiger partial charge in [-0.05, 0) is 5.04 Å². The second-order valence-electron chi connectivity index (χ2n) is 4.57. The Balaban J connectivity index is 4.10. The Hall–Kier alpha value is 0.394. The summed E-state index contributed by atoms with van der Waals surface area (Å²) in [5.74, 6) is 0. The van der Waals surface area contributed by atoms with Crippen LogP contribution in [0.15, 0.2) is 0 Å². The smallest absolute Gasteiger partial charge is 0.145 e. The molecule has 0 bridgehead atoms. The summed E-state index contributed by atoms with van der Waals surface area (Å²) in [6.45, 7) is 11.7. The van der Waals surface area contributed by atoms with Crippen molar-refractivity contribution in [2.45, 2.75) is 38.9 Å². The molecule has 0 aliphatic rings. The summed E-state index contributed by atoms with van der Waals surface area (Å²) in [5.41, 5.74) is 0. The van der Waals surface area contributed by atoms with Crippen molar-refractivity contribution in [3.8, 4) is 0 Å². The van der Waals surface area contributed by atoms with E-state index in [-0.39, 0.29) is 0 Å². The molecule has 0 unspecified atom stereocenters. The van der Waals surface area contributed by atoms with E-state index in [1.165, 1.54) is 0 Å². The molecule has 0 atom stereocenters. The number of hydrogen-bond donors (Lipinski definition) is 0. The molecule has 0 rings (SSSR count). The molecule has 0 fully saturated rings. The van der Waals surface area contributed by atoms with Gasteiger partial charge in [-0.2, -0.15) is 0 Å². The summed E-state index contributed by atoms with van der Waals surface area (Å²) < 4.78 is 5.33. The molecule has 1 nitrogen and oxygen atoms in total. The third kappa shape index (κ3) is 2.56. The van der Waals surface area contributed by atoms with Crippen molar-refractivity contribution in [1.82, 2.24) is 0 Å². The summed E-state index contributed by atoms with van der Waals surface area (Å²) >= 11 is 0. The average Bonchev–Trinajstić information content (AvgIpc) is 1.61. The lowest BCUT2D eigenvalue weighted by Gasteiger charge is -2.36. The SMILES string of the molecule is CC(C)(C)[Si](C)(C)CO[SiH3]. The van der Waals surface area contributed by atoms with Crippen LogP contribution in [0, 0.1) is 0 Å². The first kappa shape index (κ1) is 10.4. The van der Waals surface area contributed by atoms with Crippen LogP contribution in [0.2, 0.25) is 18.1 Å². The summed E-state index contributed by atoms with van der Waals surface area (Å²) in [5, 5.41) is 0.484. The molecule has 10 heavy (non-hydrogen) atoms. The normalized spacial score (nSPS) is 14.1. The zero-order valence-corrected chi connectivity index (χ0v) is 11.1. The van der Waals surface area contributed by atoms with E-state index in [1.54, 1.807) is 0 Å².